The van der Waals surface area contributed by atoms with Gasteiger partial charge in [0.1, 0.15) is 17.3 Å². The van der Waals surface area contributed by atoms with Crippen molar-refractivity contribution >= 4 is 11.6 Å². The summed E-state index contributed by atoms with van der Waals surface area (Å²) >= 11 is 6.00. The molecule has 2 rings (SSSR count). The molecule has 0 spiro atoms. The molecule has 96 valence electrons. The number of benzene rings is 1. The summed E-state index contributed by atoms with van der Waals surface area (Å²) in [6, 6.07) is 9.36. The van der Waals surface area contributed by atoms with Crippen LogP contribution in [0.25, 0.3) is 11.3 Å². The predicted molar refractivity (Wildman–Crippen MR) is 73.1 cm³/mol. The highest BCUT2D eigenvalue weighted by Gasteiger charge is 2.10. The molecule has 3 nitrogen and oxygen atoms in total. The van der Waals surface area contributed by atoms with Crippen LogP contribution in [0.15, 0.2) is 34.7 Å². The molecule has 2 aromatic rings. The molecule has 0 bridgehead atoms. The minimum atomic E-state index is 0.658. The van der Waals surface area contributed by atoms with E-state index in [9.17, 15) is 0 Å². The Morgan fingerprint density at radius 3 is 2.83 bits per heavy atom. The van der Waals surface area contributed by atoms with Gasteiger partial charge < -0.3 is 14.9 Å². The minimum Gasteiger partial charge on any atom is -0.496 e. The molecule has 4 heteroatoms. The van der Waals surface area contributed by atoms with E-state index in [-0.39, 0.29) is 0 Å². The lowest BCUT2D eigenvalue weighted by Gasteiger charge is -2.06. The molecule has 18 heavy (non-hydrogen) atoms. The number of halogens is 1. The van der Waals surface area contributed by atoms with Gasteiger partial charge in [0.25, 0.3) is 0 Å². The molecule has 0 saturated carbocycles. The van der Waals surface area contributed by atoms with Crippen molar-refractivity contribution < 1.29 is 9.15 Å². The normalized spacial score (nSPS) is 10.6. The SMILES string of the molecule is COc1ccc(Cl)cc1-c1ccc(CCCN)o1. The Morgan fingerprint density at radius 1 is 1.28 bits per heavy atom. The largest absolute Gasteiger partial charge is 0.496 e. The van der Waals surface area contributed by atoms with Gasteiger partial charge in [-0.25, -0.2) is 0 Å². The lowest BCUT2D eigenvalue weighted by Crippen LogP contribution is -1.99. The number of ether oxygens (including phenoxy) is 1. The zero-order valence-corrected chi connectivity index (χ0v) is 11.0. The van der Waals surface area contributed by atoms with E-state index < -0.39 is 0 Å². The molecule has 1 aromatic heterocycles. The van der Waals surface area contributed by atoms with Gasteiger partial charge in [0, 0.05) is 11.4 Å². The van der Waals surface area contributed by atoms with Crippen molar-refractivity contribution in [3.63, 3.8) is 0 Å². The van der Waals surface area contributed by atoms with Crippen LogP contribution in [-0.2, 0) is 6.42 Å². The maximum absolute atomic E-state index is 6.00. The van der Waals surface area contributed by atoms with Gasteiger partial charge in [-0.1, -0.05) is 11.6 Å². The number of hydrogen-bond donors (Lipinski definition) is 1. The first-order valence-electron chi connectivity index (χ1n) is 5.87. The van der Waals surface area contributed by atoms with Gasteiger partial charge in [-0.05, 0) is 43.3 Å². The van der Waals surface area contributed by atoms with Crippen molar-refractivity contribution in [3.05, 3.63) is 41.1 Å². The Balaban J connectivity index is 2.30. The lowest BCUT2D eigenvalue weighted by atomic mass is 10.1. The average molecular weight is 266 g/mol. The molecule has 0 atom stereocenters. The molecule has 1 heterocycles. The Kier molecular flexibility index (Phi) is 4.28. The van der Waals surface area contributed by atoms with E-state index in [2.05, 4.69) is 0 Å². The fourth-order valence-electron chi connectivity index (χ4n) is 1.81. The number of methoxy groups -OCH3 is 1. The fourth-order valence-corrected chi connectivity index (χ4v) is 1.98. The summed E-state index contributed by atoms with van der Waals surface area (Å²) in [7, 11) is 1.63. The molecule has 2 N–H and O–H groups in total. The van der Waals surface area contributed by atoms with E-state index in [1.54, 1.807) is 13.2 Å². The molecule has 0 aliphatic carbocycles. The highest BCUT2D eigenvalue weighted by Crippen LogP contribution is 2.33. The van der Waals surface area contributed by atoms with Crippen molar-refractivity contribution in [2.75, 3.05) is 13.7 Å². The third-order valence-corrected chi connectivity index (χ3v) is 2.95. The Labute approximate surface area is 111 Å². The smallest absolute Gasteiger partial charge is 0.138 e. The quantitative estimate of drug-likeness (QED) is 0.900. The number of aryl methyl sites for hydroxylation is 1. The topological polar surface area (TPSA) is 48.4 Å². The summed E-state index contributed by atoms with van der Waals surface area (Å²) in [5.74, 6) is 2.44. The molecule has 0 radical (unpaired) electrons. The Bertz CT molecular complexity index is 522. The van der Waals surface area contributed by atoms with Crippen molar-refractivity contribution in [1.82, 2.24) is 0 Å². The van der Waals surface area contributed by atoms with Gasteiger partial charge in [0.2, 0.25) is 0 Å². The average Bonchev–Trinajstić information content (AvgIpc) is 2.85. The summed E-state index contributed by atoms with van der Waals surface area (Å²) in [4.78, 5) is 0. The first kappa shape index (κ1) is 13.0. The third kappa shape index (κ3) is 2.86. The van der Waals surface area contributed by atoms with E-state index >= 15 is 0 Å². The molecule has 0 amide bonds. The number of hydrogen-bond acceptors (Lipinski definition) is 3. The van der Waals surface area contributed by atoms with Gasteiger partial charge in [-0.2, -0.15) is 0 Å². The van der Waals surface area contributed by atoms with Crippen LogP contribution in [0, 0.1) is 0 Å². The standard InChI is InChI=1S/C14H16ClNO2/c1-17-13-6-4-10(15)9-12(13)14-7-5-11(18-14)3-2-8-16/h4-7,9H,2-3,8,16H2,1H3. The Morgan fingerprint density at radius 2 is 2.11 bits per heavy atom. The third-order valence-electron chi connectivity index (χ3n) is 2.72. The van der Waals surface area contributed by atoms with Crippen molar-refractivity contribution in [1.29, 1.82) is 0 Å². The summed E-state index contributed by atoms with van der Waals surface area (Å²) in [5, 5.41) is 0.658. The highest BCUT2D eigenvalue weighted by molar-refractivity contribution is 6.30. The van der Waals surface area contributed by atoms with E-state index in [0.29, 0.717) is 11.6 Å². The second-order valence-corrected chi connectivity index (χ2v) is 4.44. The van der Waals surface area contributed by atoms with Crippen LogP contribution >= 0.6 is 11.6 Å². The minimum absolute atomic E-state index is 0.658. The lowest BCUT2D eigenvalue weighted by molar-refractivity contribution is 0.414. The zero-order valence-electron chi connectivity index (χ0n) is 10.3. The van der Waals surface area contributed by atoms with E-state index in [4.69, 9.17) is 26.5 Å². The zero-order chi connectivity index (χ0) is 13.0. The van der Waals surface area contributed by atoms with Crippen LogP contribution in [-0.4, -0.2) is 13.7 Å². The van der Waals surface area contributed by atoms with Crippen LogP contribution in [0.5, 0.6) is 5.75 Å². The first-order valence-corrected chi connectivity index (χ1v) is 6.25. The number of rotatable bonds is 5. The maximum atomic E-state index is 6.00. The maximum Gasteiger partial charge on any atom is 0.138 e. The van der Waals surface area contributed by atoms with Crippen LogP contribution in [0.1, 0.15) is 12.2 Å². The van der Waals surface area contributed by atoms with Gasteiger partial charge >= 0.3 is 0 Å². The molecule has 0 aliphatic rings. The molecule has 0 aliphatic heterocycles. The van der Waals surface area contributed by atoms with Crippen molar-refractivity contribution in [3.8, 4) is 17.1 Å². The van der Waals surface area contributed by atoms with Crippen LogP contribution < -0.4 is 10.5 Å². The molecule has 1 aromatic carbocycles. The Hall–Kier alpha value is -1.45. The van der Waals surface area contributed by atoms with Gasteiger partial charge in [0.15, 0.2) is 0 Å². The van der Waals surface area contributed by atoms with Gasteiger partial charge in [0.05, 0.1) is 12.7 Å². The summed E-state index contributed by atoms with van der Waals surface area (Å²) < 4.78 is 11.1. The number of furan rings is 1. The molecule has 0 fully saturated rings. The highest BCUT2D eigenvalue weighted by atomic mass is 35.5. The predicted octanol–water partition coefficient (Wildman–Crippen LogP) is 3.50. The second-order valence-electron chi connectivity index (χ2n) is 4.00. The summed E-state index contributed by atoms with van der Waals surface area (Å²) in [6.45, 7) is 0.663. The monoisotopic (exact) mass is 265 g/mol. The van der Waals surface area contributed by atoms with Crippen LogP contribution in [0.2, 0.25) is 5.02 Å². The van der Waals surface area contributed by atoms with Gasteiger partial charge in [-0.3, -0.25) is 0 Å². The van der Waals surface area contributed by atoms with Gasteiger partial charge in [-0.15, -0.1) is 0 Å². The van der Waals surface area contributed by atoms with Crippen molar-refractivity contribution in [2.45, 2.75) is 12.8 Å². The molecular weight excluding hydrogens is 250 g/mol. The second kappa shape index (κ2) is 5.94. The molecular formula is C14H16ClNO2. The van der Waals surface area contributed by atoms with Crippen LogP contribution in [0.3, 0.4) is 0 Å². The fraction of sp³-hybridized carbons (Fsp3) is 0.286. The summed E-state index contributed by atoms with van der Waals surface area (Å²) in [5.41, 5.74) is 6.35. The molecule has 0 unspecified atom stereocenters. The van der Waals surface area contributed by atoms with Crippen LogP contribution in [0.4, 0.5) is 0 Å². The van der Waals surface area contributed by atoms with E-state index in [1.807, 2.05) is 24.3 Å². The molecule has 0 saturated heterocycles. The summed E-state index contributed by atoms with van der Waals surface area (Å²) in [6.07, 6.45) is 1.76. The van der Waals surface area contributed by atoms with E-state index in [0.717, 1.165) is 35.7 Å². The van der Waals surface area contributed by atoms with E-state index in [1.165, 1.54) is 0 Å². The number of nitrogens with two attached hydrogens (primary N) is 1. The first-order chi connectivity index (χ1) is 8.74. The van der Waals surface area contributed by atoms with Crippen molar-refractivity contribution in [2.24, 2.45) is 5.73 Å².